The van der Waals surface area contributed by atoms with Gasteiger partial charge in [-0.2, -0.15) is 0 Å². The number of nitrogens with one attached hydrogen (secondary N) is 2. The van der Waals surface area contributed by atoms with Gasteiger partial charge in [0, 0.05) is 20.1 Å². The number of hydrogen-bond acceptors (Lipinski definition) is 7. The van der Waals surface area contributed by atoms with Crippen LogP contribution in [0.1, 0.15) is 17.3 Å². The highest BCUT2D eigenvalue weighted by molar-refractivity contribution is 5.99. The fourth-order valence-corrected chi connectivity index (χ4v) is 2.13. The Hall–Kier alpha value is -2.87. The zero-order valence-corrected chi connectivity index (χ0v) is 13.6. The molecule has 1 unspecified atom stereocenters. The molecule has 0 saturated heterocycles. The van der Waals surface area contributed by atoms with E-state index in [1.807, 2.05) is 0 Å². The Morgan fingerprint density at radius 1 is 1.21 bits per heavy atom. The molecule has 0 radical (unpaired) electrons. The molecule has 8 heteroatoms. The smallest absolute Gasteiger partial charge is 0.257 e. The molecule has 0 fully saturated rings. The molecular formula is C16H19N3O5. The van der Waals surface area contributed by atoms with Gasteiger partial charge in [0.1, 0.15) is 11.4 Å². The lowest BCUT2D eigenvalue weighted by atomic mass is 10.1. The molecule has 0 spiro atoms. The topological polar surface area (TPSA) is 119 Å². The maximum absolute atomic E-state index is 12.0. The number of benzene rings is 1. The van der Waals surface area contributed by atoms with E-state index in [-0.39, 0.29) is 35.0 Å². The first-order chi connectivity index (χ1) is 11.3. The van der Waals surface area contributed by atoms with E-state index in [4.69, 9.17) is 5.11 Å². The minimum absolute atomic E-state index is 0.00921. The first-order valence-electron chi connectivity index (χ1n) is 7.29. The van der Waals surface area contributed by atoms with Gasteiger partial charge in [0.05, 0.1) is 17.9 Å². The van der Waals surface area contributed by atoms with E-state index >= 15 is 0 Å². The lowest BCUT2D eigenvalue weighted by Gasteiger charge is -2.19. The summed E-state index contributed by atoms with van der Waals surface area (Å²) in [4.78, 5) is 36.7. The fourth-order valence-electron chi connectivity index (χ4n) is 2.13. The Labute approximate surface area is 138 Å². The van der Waals surface area contributed by atoms with Crippen molar-refractivity contribution in [3.8, 4) is 5.75 Å². The predicted octanol–water partition coefficient (Wildman–Crippen LogP) is 0.226. The zero-order valence-electron chi connectivity index (χ0n) is 13.6. The number of aliphatic hydroxyl groups is 1. The summed E-state index contributed by atoms with van der Waals surface area (Å²) in [6, 6.07) is 4.08. The van der Waals surface area contributed by atoms with E-state index in [2.05, 4.69) is 10.6 Å². The van der Waals surface area contributed by atoms with E-state index in [9.17, 15) is 19.5 Å². The molecule has 0 saturated carbocycles. The number of aliphatic hydroxyl groups excluding tert-OH is 1. The highest BCUT2D eigenvalue weighted by Gasteiger charge is 2.24. The van der Waals surface area contributed by atoms with Gasteiger partial charge in [-0.15, -0.1) is 0 Å². The molecule has 0 aromatic heterocycles. The van der Waals surface area contributed by atoms with Crippen LogP contribution in [0, 0.1) is 0 Å². The largest absolute Gasteiger partial charge is 0.505 e. The third-order valence-corrected chi connectivity index (χ3v) is 3.51. The van der Waals surface area contributed by atoms with Crippen molar-refractivity contribution in [2.24, 2.45) is 0 Å². The number of nitrogens with zero attached hydrogens (tertiary/aromatic N) is 1. The summed E-state index contributed by atoms with van der Waals surface area (Å²) in [5.41, 5.74) is -1.18. The van der Waals surface area contributed by atoms with E-state index in [0.29, 0.717) is 0 Å². The van der Waals surface area contributed by atoms with Crippen LogP contribution < -0.4 is 21.5 Å². The Morgan fingerprint density at radius 2 is 1.83 bits per heavy atom. The van der Waals surface area contributed by atoms with Gasteiger partial charge in [-0.3, -0.25) is 14.4 Å². The number of phenolic OH excluding ortho intramolecular Hbond substituents is 1. The average molecular weight is 333 g/mol. The summed E-state index contributed by atoms with van der Waals surface area (Å²) in [5.74, 6) is -0.709. The average Bonchev–Trinajstić information content (AvgIpc) is 2.57. The standard InChI is InChI=1S/C16H19N3O5/c1-8(7-20)17-11-12(15(23)14(11)22)18-10-6-4-5-9(13(10)21)16(24)19(2)3/h4-6,8,17-18,20-21H,7H2,1-3H3. The Bertz CT molecular complexity index is 837. The van der Waals surface area contributed by atoms with Gasteiger partial charge >= 0.3 is 0 Å². The van der Waals surface area contributed by atoms with Crippen LogP contribution in [0.5, 0.6) is 5.75 Å². The molecule has 24 heavy (non-hydrogen) atoms. The minimum Gasteiger partial charge on any atom is -0.505 e. The first kappa shape index (κ1) is 17.5. The van der Waals surface area contributed by atoms with Crippen LogP contribution >= 0.6 is 0 Å². The quantitative estimate of drug-likeness (QED) is 0.441. The Morgan fingerprint density at radius 3 is 2.42 bits per heavy atom. The second kappa shape index (κ2) is 6.71. The van der Waals surface area contributed by atoms with Crippen LogP contribution in [0.3, 0.4) is 0 Å². The number of phenols is 1. The summed E-state index contributed by atoms with van der Waals surface area (Å²) in [7, 11) is 3.10. The predicted molar refractivity (Wildman–Crippen MR) is 90.9 cm³/mol. The molecule has 0 bridgehead atoms. The fraction of sp³-hybridized carbons (Fsp3) is 0.312. The number of aromatic hydroxyl groups is 1. The number of rotatable bonds is 6. The van der Waals surface area contributed by atoms with E-state index in [1.165, 1.54) is 17.0 Å². The molecule has 8 nitrogen and oxygen atoms in total. The lowest BCUT2D eigenvalue weighted by molar-refractivity contribution is 0.0824. The van der Waals surface area contributed by atoms with Crippen LogP contribution in [0.2, 0.25) is 0 Å². The van der Waals surface area contributed by atoms with Gasteiger partial charge in [0.25, 0.3) is 16.8 Å². The number of hydrogen-bond donors (Lipinski definition) is 4. The van der Waals surface area contributed by atoms with Crippen molar-refractivity contribution in [1.29, 1.82) is 0 Å². The molecule has 0 aliphatic rings. The van der Waals surface area contributed by atoms with Crippen molar-refractivity contribution in [1.82, 2.24) is 4.90 Å². The van der Waals surface area contributed by atoms with Gasteiger partial charge in [-0.25, -0.2) is 0 Å². The number of carbonyl (C=O) groups is 1. The van der Waals surface area contributed by atoms with Crippen molar-refractivity contribution in [3.63, 3.8) is 0 Å². The molecular weight excluding hydrogens is 314 g/mol. The van der Waals surface area contributed by atoms with Gasteiger partial charge in [-0.05, 0) is 19.1 Å². The maximum atomic E-state index is 12.0. The highest BCUT2D eigenvalue weighted by Crippen LogP contribution is 2.32. The summed E-state index contributed by atoms with van der Waals surface area (Å²) in [6.45, 7) is 1.44. The third kappa shape index (κ3) is 3.09. The number of carbonyl (C=O) groups excluding carboxylic acids is 1. The number of amides is 1. The molecule has 0 aliphatic heterocycles. The normalized spacial score (nSPS) is 12.0. The van der Waals surface area contributed by atoms with E-state index in [0.717, 1.165) is 0 Å². The van der Waals surface area contributed by atoms with Crippen molar-refractivity contribution >= 4 is 23.0 Å². The van der Waals surface area contributed by atoms with Gasteiger partial charge in [-0.1, -0.05) is 6.07 Å². The van der Waals surface area contributed by atoms with E-state index < -0.39 is 22.8 Å². The monoisotopic (exact) mass is 333 g/mol. The van der Waals surface area contributed by atoms with Crippen LogP contribution in [0.15, 0.2) is 27.8 Å². The molecule has 1 amide bonds. The van der Waals surface area contributed by atoms with Crippen molar-refractivity contribution in [2.75, 3.05) is 31.3 Å². The van der Waals surface area contributed by atoms with Crippen molar-refractivity contribution in [2.45, 2.75) is 13.0 Å². The minimum atomic E-state index is -0.730. The molecule has 128 valence electrons. The number of anilines is 3. The van der Waals surface area contributed by atoms with Crippen LogP contribution in [0.25, 0.3) is 0 Å². The molecule has 2 aromatic carbocycles. The van der Waals surface area contributed by atoms with Crippen LogP contribution in [0.4, 0.5) is 17.1 Å². The van der Waals surface area contributed by atoms with E-state index in [1.54, 1.807) is 27.1 Å². The molecule has 0 heterocycles. The highest BCUT2D eigenvalue weighted by atomic mass is 16.3. The molecule has 2 aromatic rings. The zero-order chi connectivity index (χ0) is 18.0. The van der Waals surface area contributed by atoms with Gasteiger partial charge in [0.15, 0.2) is 5.75 Å². The summed E-state index contributed by atoms with van der Waals surface area (Å²) >= 11 is 0. The maximum Gasteiger partial charge on any atom is 0.257 e. The summed E-state index contributed by atoms with van der Waals surface area (Å²) in [5, 5.41) is 24.7. The molecule has 4 N–H and O–H groups in total. The Kier molecular flexibility index (Phi) is 4.89. The van der Waals surface area contributed by atoms with Crippen molar-refractivity contribution < 1.29 is 15.0 Å². The van der Waals surface area contributed by atoms with Crippen LogP contribution in [-0.4, -0.2) is 47.8 Å². The van der Waals surface area contributed by atoms with Crippen LogP contribution in [-0.2, 0) is 0 Å². The first-order valence-corrected chi connectivity index (χ1v) is 7.29. The lowest BCUT2D eigenvalue weighted by Crippen LogP contribution is -2.39. The SMILES string of the molecule is CC(CO)Nc1c(Nc2cccc(C(=O)N(C)C)c2O)c(=O)c1=O. The Balaban J connectivity index is 2.35. The third-order valence-electron chi connectivity index (χ3n) is 3.51. The second-order valence-corrected chi connectivity index (χ2v) is 5.66. The van der Waals surface area contributed by atoms with Crippen molar-refractivity contribution in [3.05, 3.63) is 44.2 Å². The molecule has 1 atom stereocenters. The van der Waals surface area contributed by atoms with Gasteiger partial charge < -0.3 is 25.7 Å². The molecule has 0 aliphatic carbocycles. The summed E-state index contributed by atoms with van der Waals surface area (Å²) < 4.78 is 0. The van der Waals surface area contributed by atoms with Gasteiger partial charge in [0.2, 0.25) is 0 Å². The second-order valence-electron chi connectivity index (χ2n) is 5.66. The number of para-hydroxylation sites is 1. The summed E-state index contributed by atoms with van der Waals surface area (Å²) in [6.07, 6.45) is 0. The molecule has 2 rings (SSSR count).